The maximum absolute atomic E-state index is 13.3. The lowest BCUT2D eigenvalue weighted by atomic mass is 9.70. The van der Waals surface area contributed by atoms with Gasteiger partial charge in [0.2, 0.25) is 6.79 Å². The Hall–Kier alpha value is -2.34. The molecule has 1 aliphatic carbocycles. The Morgan fingerprint density at radius 1 is 1.08 bits per heavy atom. The first kappa shape index (κ1) is 13.9. The Kier molecular flexibility index (Phi) is 2.58. The quantitative estimate of drug-likeness (QED) is 0.729. The summed E-state index contributed by atoms with van der Waals surface area (Å²) in [5, 5.41) is 0. The third-order valence-electron chi connectivity index (χ3n) is 5.52. The number of ketones is 1. The summed E-state index contributed by atoms with van der Waals surface area (Å²) < 4.78 is 19.2. The molecule has 6 heteroatoms. The summed E-state index contributed by atoms with van der Waals surface area (Å²) in [5.41, 5.74) is 2.35. The largest absolute Gasteiger partial charge is 0.491 e. The van der Waals surface area contributed by atoms with Crippen molar-refractivity contribution in [3.8, 4) is 17.2 Å². The summed E-state index contributed by atoms with van der Waals surface area (Å²) in [4.78, 5) is 14.4. The van der Waals surface area contributed by atoms with Crippen LogP contribution in [0.25, 0.3) is 4.91 Å². The zero-order chi connectivity index (χ0) is 16.6. The molecule has 5 nitrogen and oxygen atoms in total. The monoisotopic (exact) mass is 353 g/mol. The molecule has 3 aliphatic heterocycles. The lowest BCUT2D eigenvalue weighted by molar-refractivity contribution is -0.118. The van der Waals surface area contributed by atoms with E-state index < -0.39 is 5.41 Å². The number of thioether (sulfide) groups is 1. The lowest BCUT2D eigenvalue weighted by Gasteiger charge is -2.30. The van der Waals surface area contributed by atoms with Gasteiger partial charge in [-0.05, 0) is 30.4 Å². The van der Waals surface area contributed by atoms with Crippen molar-refractivity contribution in [2.24, 2.45) is 0 Å². The van der Waals surface area contributed by atoms with E-state index in [0.717, 1.165) is 40.5 Å². The van der Waals surface area contributed by atoms with Crippen LogP contribution in [0.1, 0.15) is 23.2 Å². The van der Waals surface area contributed by atoms with Crippen LogP contribution in [-0.4, -0.2) is 29.5 Å². The molecular formula is C19H15NO4S. The molecule has 0 N–H and O–H groups in total. The maximum Gasteiger partial charge on any atom is 0.231 e. The normalized spacial score (nSPS) is 25.3. The zero-order valence-electron chi connectivity index (χ0n) is 13.4. The van der Waals surface area contributed by atoms with Crippen LogP contribution < -0.4 is 14.2 Å². The third-order valence-corrected chi connectivity index (χ3v) is 6.63. The molecule has 1 unspecified atom stereocenters. The van der Waals surface area contributed by atoms with Crippen LogP contribution in [0.4, 0.5) is 0 Å². The molecule has 0 fully saturated rings. The highest BCUT2D eigenvalue weighted by atomic mass is 32.2. The van der Waals surface area contributed by atoms with Gasteiger partial charge >= 0.3 is 0 Å². The van der Waals surface area contributed by atoms with Gasteiger partial charge in [-0.25, -0.2) is 0 Å². The molecule has 0 saturated carbocycles. The standard InChI is InChI=1S/C19H15NO4S/c21-17-8-16-18-11(2-4-20(18)3-1-5-25-16)19(17)9-22-13-7-15-14(6-12(13)19)23-10-24-15/h2,4,6-8H,1,3,5,9-10H2. The molecule has 126 valence electrons. The van der Waals surface area contributed by atoms with Crippen LogP contribution in [-0.2, 0) is 16.8 Å². The van der Waals surface area contributed by atoms with Gasteiger partial charge in [0.1, 0.15) is 17.8 Å². The SMILES string of the molecule is O=C1C=C2SCCCn3ccc(c32)C12COc1cc3c(cc12)OCO3. The van der Waals surface area contributed by atoms with Crippen LogP contribution in [0.15, 0.2) is 30.5 Å². The number of carbonyl (C=O) groups excluding carboxylic acids is 1. The summed E-state index contributed by atoms with van der Waals surface area (Å²) >= 11 is 1.78. The highest BCUT2D eigenvalue weighted by Gasteiger charge is 2.53. The first-order chi connectivity index (χ1) is 12.3. The van der Waals surface area contributed by atoms with Gasteiger partial charge in [0, 0.05) is 34.8 Å². The molecule has 25 heavy (non-hydrogen) atoms. The second-order valence-corrected chi connectivity index (χ2v) is 7.88. The predicted octanol–water partition coefficient (Wildman–Crippen LogP) is 2.96. The number of hydrogen-bond donors (Lipinski definition) is 0. The van der Waals surface area contributed by atoms with Gasteiger partial charge in [-0.2, -0.15) is 0 Å². The molecule has 1 spiro atoms. The number of fused-ring (bicyclic) bond motifs is 4. The van der Waals surface area contributed by atoms with Gasteiger partial charge in [-0.3, -0.25) is 4.79 Å². The molecule has 4 heterocycles. The Bertz CT molecular complexity index is 976. The predicted molar refractivity (Wildman–Crippen MR) is 93.3 cm³/mol. The number of nitrogens with zero attached hydrogens (tertiary/aromatic N) is 1. The van der Waals surface area contributed by atoms with E-state index in [1.165, 1.54) is 5.69 Å². The van der Waals surface area contributed by atoms with Crippen LogP contribution >= 0.6 is 11.8 Å². The van der Waals surface area contributed by atoms with E-state index in [1.807, 2.05) is 18.2 Å². The minimum Gasteiger partial charge on any atom is -0.491 e. The second kappa shape index (κ2) is 4.64. The molecule has 0 radical (unpaired) electrons. The van der Waals surface area contributed by atoms with Crippen LogP contribution in [0, 0.1) is 0 Å². The van der Waals surface area contributed by atoms with E-state index in [0.29, 0.717) is 18.1 Å². The second-order valence-electron chi connectivity index (χ2n) is 6.74. The van der Waals surface area contributed by atoms with Crippen molar-refractivity contribution >= 4 is 22.5 Å². The summed E-state index contributed by atoms with van der Waals surface area (Å²) in [6.45, 7) is 1.52. The topological polar surface area (TPSA) is 49.7 Å². The van der Waals surface area contributed by atoms with Crippen LogP contribution in [0.3, 0.4) is 0 Å². The van der Waals surface area contributed by atoms with Crippen molar-refractivity contribution in [1.29, 1.82) is 0 Å². The van der Waals surface area contributed by atoms with Gasteiger partial charge in [-0.15, -0.1) is 11.8 Å². The van der Waals surface area contributed by atoms with Gasteiger partial charge < -0.3 is 18.8 Å². The molecule has 6 rings (SSSR count). The molecule has 0 amide bonds. The molecule has 1 atom stereocenters. The molecule has 1 aromatic heterocycles. The number of hydrogen-bond acceptors (Lipinski definition) is 5. The number of allylic oxidation sites excluding steroid dienone is 1. The smallest absolute Gasteiger partial charge is 0.231 e. The maximum atomic E-state index is 13.3. The highest BCUT2D eigenvalue weighted by molar-refractivity contribution is 8.08. The Morgan fingerprint density at radius 3 is 2.88 bits per heavy atom. The summed E-state index contributed by atoms with van der Waals surface area (Å²) in [6.07, 6.45) is 5.03. The zero-order valence-corrected chi connectivity index (χ0v) is 14.2. The van der Waals surface area contributed by atoms with Crippen molar-refractivity contribution in [2.45, 2.75) is 18.4 Å². The van der Waals surface area contributed by atoms with Crippen molar-refractivity contribution in [2.75, 3.05) is 19.2 Å². The first-order valence-corrected chi connectivity index (χ1v) is 9.42. The number of ether oxygens (including phenoxy) is 3. The van der Waals surface area contributed by atoms with Gasteiger partial charge in [-0.1, -0.05) is 0 Å². The van der Waals surface area contributed by atoms with E-state index in [-0.39, 0.29) is 12.6 Å². The van der Waals surface area contributed by atoms with E-state index in [4.69, 9.17) is 14.2 Å². The highest BCUT2D eigenvalue weighted by Crippen LogP contribution is 2.54. The fourth-order valence-electron chi connectivity index (χ4n) is 4.31. The van der Waals surface area contributed by atoms with E-state index in [9.17, 15) is 4.79 Å². The van der Waals surface area contributed by atoms with Crippen LogP contribution in [0.2, 0.25) is 0 Å². The van der Waals surface area contributed by atoms with Crippen molar-refractivity contribution in [3.05, 3.63) is 47.3 Å². The van der Waals surface area contributed by atoms with Crippen molar-refractivity contribution in [3.63, 3.8) is 0 Å². The fourth-order valence-corrected chi connectivity index (χ4v) is 5.36. The van der Waals surface area contributed by atoms with Crippen molar-refractivity contribution in [1.82, 2.24) is 4.57 Å². The summed E-state index contributed by atoms with van der Waals surface area (Å²) in [7, 11) is 0. The molecule has 0 bridgehead atoms. The molecule has 4 aliphatic rings. The summed E-state index contributed by atoms with van der Waals surface area (Å²) in [5.74, 6) is 3.22. The van der Waals surface area contributed by atoms with Crippen molar-refractivity contribution < 1.29 is 19.0 Å². The Balaban J connectivity index is 1.63. The summed E-state index contributed by atoms with van der Waals surface area (Å²) in [6, 6.07) is 5.87. The minimum absolute atomic E-state index is 0.0970. The third kappa shape index (κ3) is 1.63. The molecule has 2 aromatic rings. The molecular weight excluding hydrogens is 338 g/mol. The molecule has 0 saturated heterocycles. The average Bonchev–Trinajstić information content (AvgIpc) is 3.29. The number of aryl methyl sites for hydroxylation is 1. The number of benzene rings is 1. The first-order valence-electron chi connectivity index (χ1n) is 8.43. The number of aromatic nitrogens is 1. The Morgan fingerprint density at radius 2 is 1.96 bits per heavy atom. The van der Waals surface area contributed by atoms with E-state index in [1.54, 1.807) is 11.8 Å². The van der Waals surface area contributed by atoms with Gasteiger partial charge in [0.25, 0.3) is 0 Å². The van der Waals surface area contributed by atoms with E-state index >= 15 is 0 Å². The van der Waals surface area contributed by atoms with Gasteiger partial charge in [0.15, 0.2) is 17.3 Å². The molecule has 1 aromatic carbocycles. The fraction of sp³-hybridized carbons (Fsp3) is 0.316. The number of rotatable bonds is 0. The van der Waals surface area contributed by atoms with Gasteiger partial charge in [0.05, 0.1) is 5.69 Å². The number of carbonyl (C=O) groups is 1. The van der Waals surface area contributed by atoms with E-state index in [2.05, 4.69) is 16.8 Å². The van der Waals surface area contributed by atoms with Crippen LogP contribution in [0.5, 0.6) is 17.2 Å². The lowest BCUT2D eigenvalue weighted by Crippen LogP contribution is -2.40. The average molecular weight is 353 g/mol. The Labute approximate surface area is 148 Å². The minimum atomic E-state index is -0.773.